The highest BCUT2D eigenvalue weighted by Crippen LogP contribution is 2.30. The van der Waals surface area contributed by atoms with Crippen LogP contribution in [-0.4, -0.2) is 20.2 Å². The molecule has 3 N–H and O–H groups in total. The minimum absolute atomic E-state index is 0.107. The molecule has 2 aromatic rings. The van der Waals surface area contributed by atoms with Crippen LogP contribution < -0.4 is 15.4 Å². The molecule has 0 saturated heterocycles. The van der Waals surface area contributed by atoms with Gasteiger partial charge in [0, 0.05) is 0 Å². The van der Waals surface area contributed by atoms with Crippen LogP contribution in [-0.2, 0) is 19.6 Å². The highest BCUT2D eigenvalue weighted by molar-refractivity contribution is 7.92. The normalized spacial score (nSPS) is 17.0. The van der Waals surface area contributed by atoms with E-state index in [1.165, 1.54) is 37.3 Å². The standard InChI is InChI=1S/C17H16FN3O4S/c1-9-7-11(18)3-5-13(9)21-26(24,25)12-4-6-14-15(8-12)20-17(23)10(2)16(22)19-14/h3-8,10,21H,1-2H3,(H,19,22)(H,20,23)/t10-/m0/s1. The Labute approximate surface area is 149 Å². The van der Waals surface area contributed by atoms with Gasteiger partial charge in [-0.05, 0) is 55.8 Å². The van der Waals surface area contributed by atoms with Gasteiger partial charge in [0.2, 0.25) is 11.8 Å². The first kappa shape index (κ1) is 17.9. The monoisotopic (exact) mass is 377 g/mol. The van der Waals surface area contributed by atoms with E-state index in [4.69, 9.17) is 0 Å². The van der Waals surface area contributed by atoms with Crippen molar-refractivity contribution in [1.82, 2.24) is 0 Å². The van der Waals surface area contributed by atoms with E-state index < -0.39 is 33.6 Å². The molecule has 0 aromatic heterocycles. The first-order valence-electron chi connectivity index (χ1n) is 7.72. The molecule has 1 aliphatic rings. The molecule has 1 aliphatic heterocycles. The van der Waals surface area contributed by atoms with Crippen LogP contribution in [0.1, 0.15) is 12.5 Å². The number of anilines is 3. The van der Waals surface area contributed by atoms with Crippen LogP contribution in [0, 0.1) is 18.7 Å². The summed E-state index contributed by atoms with van der Waals surface area (Å²) < 4.78 is 40.8. The smallest absolute Gasteiger partial charge is 0.261 e. The number of nitrogens with one attached hydrogen (secondary N) is 3. The molecule has 2 aromatic carbocycles. The van der Waals surface area contributed by atoms with Crippen molar-refractivity contribution in [2.75, 3.05) is 15.4 Å². The van der Waals surface area contributed by atoms with Crippen molar-refractivity contribution < 1.29 is 22.4 Å². The molecule has 0 unspecified atom stereocenters. The summed E-state index contributed by atoms with van der Waals surface area (Å²) in [6.45, 7) is 3.03. The Morgan fingerprint density at radius 2 is 1.65 bits per heavy atom. The van der Waals surface area contributed by atoms with Crippen LogP contribution in [0.3, 0.4) is 0 Å². The average molecular weight is 377 g/mol. The fraction of sp³-hybridized carbons (Fsp3) is 0.176. The number of aryl methyl sites for hydroxylation is 1. The Bertz CT molecular complexity index is 1020. The van der Waals surface area contributed by atoms with Crippen molar-refractivity contribution in [1.29, 1.82) is 0 Å². The predicted octanol–water partition coefficient (Wildman–Crippen LogP) is 2.46. The number of carbonyl (C=O) groups excluding carboxylic acids is 2. The molecule has 136 valence electrons. The van der Waals surface area contributed by atoms with E-state index in [0.717, 1.165) is 6.07 Å². The van der Waals surface area contributed by atoms with Crippen molar-refractivity contribution in [3.05, 3.63) is 47.8 Å². The van der Waals surface area contributed by atoms with Gasteiger partial charge in [0.15, 0.2) is 0 Å². The Balaban J connectivity index is 1.96. The Morgan fingerprint density at radius 3 is 2.31 bits per heavy atom. The van der Waals surface area contributed by atoms with Gasteiger partial charge in [0.25, 0.3) is 10.0 Å². The van der Waals surface area contributed by atoms with Gasteiger partial charge < -0.3 is 10.6 Å². The largest absolute Gasteiger partial charge is 0.324 e. The van der Waals surface area contributed by atoms with Crippen molar-refractivity contribution in [2.24, 2.45) is 5.92 Å². The number of amides is 2. The number of halogens is 1. The molecule has 1 atom stereocenters. The molecular formula is C17H16FN3O4S. The van der Waals surface area contributed by atoms with E-state index in [-0.39, 0.29) is 16.3 Å². The molecule has 26 heavy (non-hydrogen) atoms. The molecule has 0 aliphatic carbocycles. The molecule has 3 rings (SSSR count). The molecule has 0 saturated carbocycles. The molecule has 0 bridgehead atoms. The second-order valence-corrected chi connectivity index (χ2v) is 7.65. The third-order valence-electron chi connectivity index (χ3n) is 4.04. The molecule has 9 heteroatoms. The summed E-state index contributed by atoms with van der Waals surface area (Å²) in [6.07, 6.45) is 0. The topological polar surface area (TPSA) is 104 Å². The van der Waals surface area contributed by atoms with Crippen LogP contribution in [0.25, 0.3) is 0 Å². The number of hydrogen-bond acceptors (Lipinski definition) is 4. The van der Waals surface area contributed by atoms with Gasteiger partial charge in [-0.1, -0.05) is 0 Å². The quantitative estimate of drug-likeness (QED) is 0.715. The van der Waals surface area contributed by atoms with E-state index in [0.29, 0.717) is 11.3 Å². The predicted molar refractivity (Wildman–Crippen MR) is 94.8 cm³/mol. The zero-order chi connectivity index (χ0) is 19.1. The number of benzene rings is 2. The maximum absolute atomic E-state index is 13.2. The summed E-state index contributed by atoms with van der Waals surface area (Å²) in [5, 5.41) is 5.10. The number of hydrogen-bond donors (Lipinski definition) is 3. The van der Waals surface area contributed by atoms with E-state index in [2.05, 4.69) is 15.4 Å². The summed E-state index contributed by atoms with van der Waals surface area (Å²) in [6, 6.07) is 7.66. The SMILES string of the molecule is Cc1cc(F)ccc1NS(=O)(=O)c1ccc2c(c1)NC(=O)[C@@H](C)C(=O)N2. The first-order valence-corrected chi connectivity index (χ1v) is 9.20. The zero-order valence-corrected chi connectivity index (χ0v) is 14.8. The van der Waals surface area contributed by atoms with E-state index in [9.17, 15) is 22.4 Å². The zero-order valence-electron chi connectivity index (χ0n) is 14.0. The molecule has 1 heterocycles. The summed E-state index contributed by atoms with van der Waals surface area (Å²) in [4.78, 5) is 23.7. The highest BCUT2D eigenvalue weighted by Gasteiger charge is 2.28. The van der Waals surface area contributed by atoms with Crippen LogP contribution >= 0.6 is 0 Å². The number of carbonyl (C=O) groups is 2. The lowest BCUT2D eigenvalue weighted by molar-refractivity contribution is -0.128. The van der Waals surface area contributed by atoms with Crippen LogP contribution in [0.2, 0.25) is 0 Å². The maximum Gasteiger partial charge on any atom is 0.261 e. The molecule has 2 amide bonds. The van der Waals surface area contributed by atoms with Crippen molar-refractivity contribution >= 4 is 38.9 Å². The van der Waals surface area contributed by atoms with E-state index in [1.54, 1.807) is 6.92 Å². The lowest BCUT2D eigenvalue weighted by Crippen LogP contribution is -2.28. The maximum atomic E-state index is 13.2. The molecule has 0 spiro atoms. The Hall–Kier alpha value is -2.94. The van der Waals surface area contributed by atoms with Crippen molar-refractivity contribution in [3.63, 3.8) is 0 Å². The lowest BCUT2D eigenvalue weighted by Gasteiger charge is -2.13. The number of rotatable bonds is 3. The average Bonchev–Trinajstić information content (AvgIpc) is 2.67. The van der Waals surface area contributed by atoms with Gasteiger partial charge in [-0.3, -0.25) is 14.3 Å². The van der Waals surface area contributed by atoms with Crippen molar-refractivity contribution in [2.45, 2.75) is 18.7 Å². The molecule has 7 nitrogen and oxygen atoms in total. The molecular weight excluding hydrogens is 361 g/mol. The second kappa shape index (κ2) is 6.41. The molecule has 0 fully saturated rings. The van der Waals surface area contributed by atoms with Crippen molar-refractivity contribution in [3.8, 4) is 0 Å². The van der Waals surface area contributed by atoms with Gasteiger partial charge in [-0.15, -0.1) is 0 Å². The van der Waals surface area contributed by atoms with Gasteiger partial charge in [0.1, 0.15) is 11.7 Å². The number of sulfonamides is 1. The molecule has 0 radical (unpaired) electrons. The Morgan fingerprint density at radius 1 is 1.00 bits per heavy atom. The summed E-state index contributed by atoms with van der Waals surface area (Å²) in [5.41, 5.74) is 1.17. The number of fused-ring (bicyclic) bond motifs is 1. The van der Waals surface area contributed by atoms with Crippen LogP contribution in [0.15, 0.2) is 41.3 Å². The van der Waals surface area contributed by atoms with E-state index in [1.807, 2.05) is 0 Å². The summed E-state index contributed by atoms with van der Waals surface area (Å²) in [5.74, 6) is -2.37. The van der Waals surface area contributed by atoms with Gasteiger partial charge in [0.05, 0.1) is 22.0 Å². The Kier molecular flexibility index (Phi) is 4.41. The van der Waals surface area contributed by atoms with E-state index >= 15 is 0 Å². The van der Waals surface area contributed by atoms with Gasteiger partial charge in [-0.2, -0.15) is 0 Å². The third-order valence-corrected chi connectivity index (χ3v) is 5.40. The first-order chi connectivity index (χ1) is 12.2. The third kappa shape index (κ3) is 3.38. The van der Waals surface area contributed by atoms with Crippen LogP contribution in [0.5, 0.6) is 0 Å². The fourth-order valence-corrected chi connectivity index (χ4v) is 3.61. The fourth-order valence-electron chi connectivity index (χ4n) is 2.45. The minimum atomic E-state index is -3.98. The van der Waals surface area contributed by atoms with Gasteiger partial charge in [-0.25, -0.2) is 12.8 Å². The highest BCUT2D eigenvalue weighted by atomic mass is 32.2. The van der Waals surface area contributed by atoms with Gasteiger partial charge >= 0.3 is 0 Å². The minimum Gasteiger partial charge on any atom is -0.324 e. The lowest BCUT2D eigenvalue weighted by atomic mass is 10.1. The summed E-state index contributed by atoms with van der Waals surface area (Å²) in [7, 11) is -3.98. The van der Waals surface area contributed by atoms with Crippen LogP contribution in [0.4, 0.5) is 21.5 Å². The second-order valence-electron chi connectivity index (χ2n) is 5.97. The summed E-state index contributed by atoms with van der Waals surface area (Å²) >= 11 is 0.